The number of nitrogens with zero attached hydrogens (tertiary/aromatic N) is 3. The summed E-state index contributed by atoms with van der Waals surface area (Å²) in [6.45, 7) is 1.66. The third-order valence-corrected chi connectivity index (χ3v) is 5.75. The number of amides is 1. The molecule has 10 heteroatoms. The largest absolute Gasteiger partial charge is 0.486 e. The van der Waals surface area contributed by atoms with Gasteiger partial charge in [-0.05, 0) is 38.4 Å². The minimum Gasteiger partial charge on any atom is -0.486 e. The zero-order valence-electron chi connectivity index (χ0n) is 19.8. The average Bonchev–Trinajstić information content (AvgIpc) is 3.35. The number of pyridine rings is 1. The Morgan fingerprint density at radius 1 is 1.39 bits per heavy atom. The molecule has 8 nitrogen and oxygen atoms in total. The van der Waals surface area contributed by atoms with Crippen molar-refractivity contribution >= 4 is 45.5 Å². The molecule has 1 atom stereocenters. The zero-order chi connectivity index (χ0) is 25.7. The minimum absolute atomic E-state index is 0.0520. The van der Waals surface area contributed by atoms with E-state index in [2.05, 4.69) is 21.7 Å². The lowest BCUT2D eigenvalue weighted by atomic mass is 10.1. The molecule has 0 radical (unpaired) electrons. The van der Waals surface area contributed by atoms with Gasteiger partial charge in [0.25, 0.3) is 0 Å². The van der Waals surface area contributed by atoms with Crippen LogP contribution in [0.15, 0.2) is 48.7 Å². The van der Waals surface area contributed by atoms with Gasteiger partial charge in [-0.15, -0.1) is 0 Å². The van der Waals surface area contributed by atoms with E-state index in [4.69, 9.17) is 21.1 Å². The summed E-state index contributed by atoms with van der Waals surface area (Å²) in [5, 5.41) is 16.3. The lowest BCUT2D eigenvalue weighted by Gasteiger charge is -2.18. The number of carbonyl (C=O) groups excluding carboxylic acids is 1. The summed E-state index contributed by atoms with van der Waals surface area (Å²) in [6, 6.07) is 9.74. The van der Waals surface area contributed by atoms with Crippen LogP contribution in [0.1, 0.15) is 12.0 Å². The molecule has 0 aliphatic carbocycles. The first-order valence-corrected chi connectivity index (χ1v) is 11.7. The van der Waals surface area contributed by atoms with Gasteiger partial charge in [-0.2, -0.15) is 5.26 Å². The Hall–Kier alpha value is -3.71. The Labute approximate surface area is 213 Å². The van der Waals surface area contributed by atoms with E-state index in [9.17, 15) is 14.4 Å². The second-order valence-corrected chi connectivity index (χ2v) is 8.94. The molecule has 1 aliphatic rings. The number of anilines is 3. The highest BCUT2D eigenvalue weighted by atomic mass is 35.5. The molecular formula is C26H25ClFN5O3. The van der Waals surface area contributed by atoms with Crippen LogP contribution < -0.4 is 15.4 Å². The Morgan fingerprint density at radius 2 is 2.22 bits per heavy atom. The van der Waals surface area contributed by atoms with Crippen LogP contribution in [0.3, 0.4) is 0 Å². The van der Waals surface area contributed by atoms with E-state index in [1.165, 1.54) is 30.5 Å². The number of fused-ring (bicyclic) bond motifs is 1. The lowest BCUT2D eigenvalue weighted by molar-refractivity contribution is -0.111. The fraction of sp³-hybridized carbons (Fsp3) is 0.269. The summed E-state index contributed by atoms with van der Waals surface area (Å²) < 4.78 is 25.2. The lowest BCUT2D eigenvalue weighted by Crippen LogP contribution is -2.18. The quantitative estimate of drug-likeness (QED) is 0.418. The summed E-state index contributed by atoms with van der Waals surface area (Å²) in [6.07, 6.45) is 5.23. The van der Waals surface area contributed by atoms with Crippen LogP contribution in [0.25, 0.3) is 10.9 Å². The highest BCUT2D eigenvalue weighted by molar-refractivity contribution is 6.31. The van der Waals surface area contributed by atoms with Crippen molar-refractivity contribution in [3.63, 3.8) is 0 Å². The second-order valence-electron chi connectivity index (χ2n) is 8.54. The van der Waals surface area contributed by atoms with Gasteiger partial charge in [-0.25, -0.2) is 4.39 Å². The number of halogens is 2. The molecule has 3 aromatic rings. The maximum Gasteiger partial charge on any atom is 0.248 e. The van der Waals surface area contributed by atoms with E-state index < -0.39 is 5.82 Å². The second kappa shape index (κ2) is 11.4. The maximum atomic E-state index is 13.7. The first kappa shape index (κ1) is 25.4. The maximum absolute atomic E-state index is 13.7. The van der Waals surface area contributed by atoms with Crippen molar-refractivity contribution in [2.24, 2.45) is 0 Å². The average molecular weight is 510 g/mol. The van der Waals surface area contributed by atoms with Crippen molar-refractivity contribution in [2.75, 3.05) is 44.5 Å². The number of rotatable bonds is 8. The van der Waals surface area contributed by atoms with Gasteiger partial charge < -0.3 is 25.0 Å². The number of hydrogen-bond acceptors (Lipinski definition) is 7. The predicted molar refractivity (Wildman–Crippen MR) is 137 cm³/mol. The smallest absolute Gasteiger partial charge is 0.248 e. The summed E-state index contributed by atoms with van der Waals surface area (Å²) in [5.74, 6) is -0.430. The summed E-state index contributed by atoms with van der Waals surface area (Å²) in [7, 11) is 3.81. The number of aromatic nitrogens is 1. The molecule has 2 aromatic carbocycles. The Morgan fingerprint density at radius 3 is 2.92 bits per heavy atom. The molecule has 186 valence electrons. The van der Waals surface area contributed by atoms with Crippen molar-refractivity contribution < 1.29 is 18.7 Å². The van der Waals surface area contributed by atoms with E-state index in [1.54, 1.807) is 18.2 Å². The number of likely N-dealkylation sites (N-methyl/N-ethyl adjacent to an activating group) is 1. The molecule has 1 aromatic heterocycles. The van der Waals surface area contributed by atoms with Gasteiger partial charge in [0.05, 0.1) is 40.7 Å². The Balaban J connectivity index is 1.76. The van der Waals surface area contributed by atoms with Gasteiger partial charge in [0, 0.05) is 42.4 Å². The van der Waals surface area contributed by atoms with Gasteiger partial charge in [0.15, 0.2) is 0 Å². The zero-order valence-corrected chi connectivity index (χ0v) is 20.6. The molecule has 1 fully saturated rings. The number of hydrogen-bond donors (Lipinski definition) is 2. The number of carbonyl (C=O) groups is 1. The van der Waals surface area contributed by atoms with Crippen LogP contribution in [0.4, 0.5) is 21.5 Å². The molecule has 4 rings (SSSR count). The van der Waals surface area contributed by atoms with Gasteiger partial charge in [-0.1, -0.05) is 17.7 Å². The molecule has 2 heterocycles. The van der Waals surface area contributed by atoms with Crippen molar-refractivity contribution in [1.29, 1.82) is 5.26 Å². The molecule has 0 saturated carbocycles. The molecule has 2 N–H and O–H groups in total. The summed E-state index contributed by atoms with van der Waals surface area (Å²) in [4.78, 5) is 19.0. The van der Waals surface area contributed by atoms with Gasteiger partial charge in [0.1, 0.15) is 23.7 Å². The third kappa shape index (κ3) is 6.10. The minimum atomic E-state index is -0.549. The molecule has 0 spiro atoms. The summed E-state index contributed by atoms with van der Waals surface area (Å²) >= 11 is 5.94. The van der Waals surface area contributed by atoms with E-state index in [0.29, 0.717) is 53.5 Å². The van der Waals surface area contributed by atoms with Crippen molar-refractivity contribution in [2.45, 2.75) is 12.5 Å². The van der Waals surface area contributed by atoms with Crippen LogP contribution in [0.2, 0.25) is 5.02 Å². The monoisotopic (exact) mass is 509 g/mol. The van der Waals surface area contributed by atoms with Crippen molar-refractivity contribution in [1.82, 2.24) is 9.88 Å². The van der Waals surface area contributed by atoms with Crippen LogP contribution in [0.5, 0.6) is 5.75 Å². The number of nitriles is 1. The SMILES string of the molecule is CN(C)C/C=C/C(=O)Nc1cc2c(Nc3ccc(F)c(Cl)c3)c(C#N)cnc2cc1OC1CCOC1. The normalized spacial score (nSPS) is 15.4. The molecule has 1 aliphatic heterocycles. The van der Waals surface area contributed by atoms with Gasteiger partial charge in [-0.3, -0.25) is 9.78 Å². The van der Waals surface area contributed by atoms with Crippen LogP contribution in [0, 0.1) is 17.1 Å². The Kier molecular flexibility index (Phi) is 8.00. The Bertz CT molecular complexity index is 1350. The van der Waals surface area contributed by atoms with E-state index >= 15 is 0 Å². The first-order valence-electron chi connectivity index (χ1n) is 11.3. The fourth-order valence-electron chi connectivity index (χ4n) is 3.68. The molecule has 0 bridgehead atoms. The van der Waals surface area contributed by atoms with Gasteiger partial charge >= 0.3 is 0 Å². The van der Waals surface area contributed by atoms with E-state index in [1.807, 2.05) is 19.0 Å². The van der Waals surface area contributed by atoms with Crippen LogP contribution >= 0.6 is 11.6 Å². The van der Waals surface area contributed by atoms with Crippen molar-refractivity contribution in [3.05, 3.63) is 65.1 Å². The standard InChI is InChI=1S/C26H25ClFN5O3/c1-33(2)8-3-4-25(34)32-23-11-19-22(12-24(23)36-18-7-9-35-15-18)30-14-16(13-29)26(19)31-17-5-6-21(28)20(27)10-17/h3-6,10-12,14,18H,7-9,15H2,1-2H3,(H,30,31)(H,32,34)/b4-3+. The molecule has 36 heavy (non-hydrogen) atoms. The summed E-state index contributed by atoms with van der Waals surface area (Å²) in [5.41, 5.74) is 2.17. The van der Waals surface area contributed by atoms with E-state index in [0.717, 1.165) is 6.42 Å². The molecule has 1 unspecified atom stereocenters. The number of nitrogens with one attached hydrogen (secondary N) is 2. The fourth-order valence-corrected chi connectivity index (χ4v) is 3.86. The highest BCUT2D eigenvalue weighted by Gasteiger charge is 2.21. The van der Waals surface area contributed by atoms with Crippen molar-refractivity contribution in [3.8, 4) is 11.8 Å². The molecular weight excluding hydrogens is 485 g/mol. The highest BCUT2D eigenvalue weighted by Crippen LogP contribution is 2.37. The first-order chi connectivity index (χ1) is 17.3. The van der Waals surface area contributed by atoms with Crippen LogP contribution in [-0.4, -0.2) is 55.7 Å². The third-order valence-electron chi connectivity index (χ3n) is 5.46. The molecule has 1 saturated heterocycles. The van der Waals surface area contributed by atoms with E-state index in [-0.39, 0.29) is 22.6 Å². The molecule has 1 amide bonds. The number of benzene rings is 2. The van der Waals surface area contributed by atoms with Gasteiger partial charge in [0.2, 0.25) is 5.91 Å². The topological polar surface area (TPSA) is 99.5 Å². The predicted octanol–water partition coefficient (Wildman–Crippen LogP) is 4.87. The van der Waals surface area contributed by atoms with Crippen LogP contribution in [-0.2, 0) is 9.53 Å². The number of ether oxygens (including phenoxy) is 2.